The van der Waals surface area contributed by atoms with Gasteiger partial charge in [0.15, 0.2) is 0 Å². The van der Waals surface area contributed by atoms with Crippen molar-refractivity contribution in [2.75, 3.05) is 26.4 Å². The number of hydrogen-bond donors (Lipinski definition) is 4. The second-order valence-corrected chi connectivity index (χ2v) is 18.0. The van der Waals surface area contributed by atoms with E-state index in [2.05, 4.69) is 12.1 Å². The number of allylic oxidation sites excluding steroid dienone is 8. The van der Waals surface area contributed by atoms with E-state index in [1.807, 2.05) is 83.1 Å². The second kappa shape index (κ2) is 14.2. The molecule has 0 aromatic rings. The van der Waals surface area contributed by atoms with Gasteiger partial charge in [0.25, 0.3) is 0 Å². The number of nitriles is 2. The van der Waals surface area contributed by atoms with Gasteiger partial charge in [-0.25, -0.2) is 0 Å². The highest BCUT2D eigenvalue weighted by molar-refractivity contribution is 6.80. The average molecular weight is 738 g/mol. The van der Waals surface area contributed by atoms with Gasteiger partial charge in [0.1, 0.15) is 0 Å². The molecule has 0 atom stereocenters. The zero-order valence-electron chi connectivity index (χ0n) is 33.5. The van der Waals surface area contributed by atoms with Crippen LogP contribution in [0.2, 0.25) is 0 Å². The lowest BCUT2D eigenvalue weighted by Gasteiger charge is -2.36. The first-order chi connectivity index (χ1) is 24.8. The Hall–Kier alpha value is -3.44. The summed E-state index contributed by atoms with van der Waals surface area (Å²) in [4.78, 5) is 0. The molecule has 0 amide bonds. The highest BCUT2D eigenvalue weighted by Gasteiger charge is 2.57. The maximum atomic E-state index is 9.74. The summed E-state index contributed by atoms with van der Waals surface area (Å²) < 4.78 is 47.0. The van der Waals surface area contributed by atoms with Crippen molar-refractivity contribution in [1.82, 2.24) is 0 Å². The lowest BCUT2D eigenvalue weighted by molar-refractivity contribution is 0.00578. The summed E-state index contributed by atoms with van der Waals surface area (Å²) >= 11 is 0. The third kappa shape index (κ3) is 7.81. The maximum Gasteiger partial charge on any atom is 0.498 e. The Kier molecular flexibility index (Phi) is 11.0. The molecule has 4 saturated heterocycles. The smallest absolute Gasteiger partial charge is 0.407 e. The molecule has 0 spiro atoms. The fraction of sp³-hybridized carbons (Fsp3) is 0.611. The van der Waals surface area contributed by atoms with Crippen LogP contribution in [-0.2, 0) is 37.2 Å². The van der Waals surface area contributed by atoms with Gasteiger partial charge in [0, 0.05) is 59.1 Å². The molecule has 54 heavy (non-hydrogen) atoms. The van der Waals surface area contributed by atoms with E-state index in [9.17, 15) is 10.5 Å². The van der Waals surface area contributed by atoms with E-state index >= 15 is 0 Å². The van der Waals surface area contributed by atoms with Gasteiger partial charge < -0.3 is 37.2 Å². The van der Waals surface area contributed by atoms with Crippen LogP contribution < -0.4 is 0 Å². The Balaban J connectivity index is 0.000000208. The molecule has 4 heterocycles. The van der Waals surface area contributed by atoms with E-state index < -0.39 is 50.9 Å². The van der Waals surface area contributed by atoms with Crippen molar-refractivity contribution in [3.8, 4) is 12.1 Å². The van der Waals surface area contributed by atoms with Crippen LogP contribution in [0.1, 0.15) is 83.1 Å². The van der Waals surface area contributed by atoms with Gasteiger partial charge in [-0.15, -0.1) is 0 Å². The first-order valence-corrected chi connectivity index (χ1v) is 18.0. The molecule has 6 rings (SSSR count). The minimum absolute atomic E-state index is 0.0271. The van der Waals surface area contributed by atoms with Crippen molar-refractivity contribution in [2.24, 2.45) is 10.8 Å². The fourth-order valence-corrected chi connectivity index (χ4v) is 6.15. The number of nitrogens with one attached hydrogen (secondary N) is 4. The van der Waals surface area contributed by atoms with Gasteiger partial charge in [-0.2, -0.15) is 10.5 Å². The van der Waals surface area contributed by atoms with Crippen molar-refractivity contribution < 1.29 is 37.2 Å². The maximum absolute atomic E-state index is 9.74. The van der Waals surface area contributed by atoms with Gasteiger partial charge in [0.2, 0.25) is 0 Å². The normalized spacial score (nSPS) is 26.9. The van der Waals surface area contributed by atoms with E-state index in [-0.39, 0.29) is 50.3 Å². The highest BCUT2D eigenvalue weighted by atomic mass is 16.7. The summed E-state index contributed by atoms with van der Waals surface area (Å²) in [5, 5.41) is 53.2. The predicted molar refractivity (Wildman–Crippen MR) is 207 cm³/mol. The van der Waals surface area contributed by atoms with Crippen LogP contribution >= 0.6 is 0 Å². The molecule has 2 aliphatic carbocycles. The molecule has 0 unspecified atom stereocenters. The molecule has 0 radical (unpaired) electrons. The average Bonchev–Trinajstić information content (AvgIpc) is 3.42. The first kappa shape index (κ1) is 41.7. The lowest BCUT2D eigenvalue weighted by Crippen LogP contribution is -2.48. The minimum atomic E-state index is -0.886. The SMILES string of the molecule is CC1(C)COB(C2=CC(C#N)=C(B3OCC(C)(C)CO3)C(=N)C2=N)OC1.CC1(C)OB(C2=CC(C#N)=C(B3OC(C)(C)C(C)(C)O3)C(=N)C2=N)OC1(C)C. The summed E-state index contributed by atoms with van der Waals surface area (Å²) in [6.45, 7) is 25.3. The Morgan fingerprint density at radius 1 is 0.463 bits per heavy atom. The van der Waals surface area contributed by atoms with Gasteiger partial charge >= 0.3 is 28.5 Å². The molecule has 4 aliphatic heterocycles. The molecule has 6 aliphatic rings. The van der Waals surface area contributed by atoms with Crippen molar-refractivity contribution in [2.45, 2.75) is 105 Å². The van der Waals surface area contributed by atoms with Gasteiger partial charge in [-0.3, -0.25) is 21.6 Å². The Morgan fingerprint density at radius 3 is 1.11 bits per heavy atom. The highest BCUT2D eigenvalue weighted by Crippen LogP contribution is 2.43. The quantitative estimate of drug-likeness (QED) is 0.223. The van der Waals surface area contributed by atoms with Crippen LogP contribution in [0, 0.1) is 55.1 Å². The molecule has 18 heteroatoms. The number of nitrogens with zero attached hydrogens (tertiary/aromatic N) is 2. The van der Waals surface area contributed by atoms with E-state index in [1.54, 1.807) is 12.2 Å². The topological polar surface area (TPSA) is 217 Å². The third-order valence-electron chi connectivity index (χ3n) is 11.0. The van der Waals surface area contributed by atoms with Crippen LogP contribution in [0.3, 0.4) is 0 Å². The summed E-state index contributed by atoms with van der Waals surface area (Å²) in [5.74, 6) is 0. The molecule has 0 aromatic carbocycles. The molecule has 0 saturated carbocycles. The molecular weight excluding hydrogens is 688 g/mol. The summed E-state index contributed by atoms with van der Waals surface area (Å²) in [5.41, 5.74) is -1.07. The third-order valence-corrected chi connectivity index (χ3v) is 11.0. The van der Waals surface area contributed by atoms with Crippen LogP contribution in [0.25, 0.3) is 0 Å². The van der Waals surface area contributed by atoms with E-state index in [0.717, 1.165) is 0 Å². The summed E-state index contributed by atoms with van der Waals surface area (Å²) in [7, 11) is -3.26. The second-order valence-electron chi connectivity index (χ2n) is 18.0. The number of hydrogen-bond acceptors (Lipinski definition) is 14. The Bertz CT molecular complexity index is 1830. The zero-order chi connectivity index (χ0) is 40.4. The molecule has 0 bridgehead atoms. The van der Waals surface area contributed by atoms with Crippen LogP contribution in [0.15, 0.2) is 45.2 Å². The van der Waals surface area contributed by atoms with Gasteiger partial charge in [0.05, 0.1) is 68.5 Å². The van der Waals surface area contributed by atoms with Crippen molar-refractivity contribution >= 4 is 51.3 Å². The molecule has 14 nitrogen and oxygen atoms in total. The monoisotopic (exact) mass is 738 g/mol. The summed E-state index contributed by atoms with van der Waals surface area (Å²) in [6, 6.07) is 4.23. The molecule has 284 valence electrons. The summed E-state index contributed by atoms with van der Waals surface area (Å²) in [6.07, 6.45) is 3.12. The fourth-order valence-electron chi connectivity index (χ4n) is 6.15. The molecular formula is C36H50B4N6O8. The zero-order valence-corrected chi connectivity index (χ0v) is 33.5. The van der Waals surface area contributed by atoms with Crippen molar-refractivity contribution in [1.29, 1.82) is 32.2 Å². The van der Waals surface area contributed by atoms with E-state index in [0.29, 0.717) is 42.8 Å². The standard InChI is InChI=1S/C19H27B2N3O4.C17H23B2N3O4/c1-16(2)17(3,4)26-20(25-16)12-9-11(10-22)13(15(24)14(12)23)21-27-18(5,6)19(7,8)28-21;1-16(2)7-23-18(24-8-16)12-5-11(6-20)13(15(22)14(12)21)19-25-9-17(3,4)10-26-19/h9,23-24H,1-8H3;5,21-22H,7-10H2,1-4H3. The van der Waals surface area contributed by atoms with E-state index in [1.165, 1.54) is 0 Å². The molecule has 4 N–H and O–H groups in total. The largest absolute Gasteiger partial charge is 0.498 e. The molecule has 4 fully saturated rings. The number of rotatable bonds is 4. The van der Waals surface area contributed by atoms with Crippen molar-refractivity contribution in [3.63, 3.8) is 0 Å². The van der Waals surface area contributed by atoms with Crippen LogP contribution in [-0.4, -0.2) is 100 Å². The predicted octanol–water partition coefficient (Wildman–Crippen LogP) is 5.04. The first-order valence-electron chi connectivity index (χ1n) is 18.0. The van der Waals surface area contributed by atoms with Gasteiger partial charge in [-0.05, 0) is 67.5 Å². The van der Waals surface area contributed by atoms with Gasteiger partial charge in [-0.1, -0.05) is 27.7 Å². The Labute approximate surface area is 320 Å². The minimum Gasteiger partial charge on any atom is -0.407 e. The van der Waals surface area contributed by atoms with Crippen molar-refractivity contribution in [3.05, 3.63) is 45.2 Å². The lowest BCUT2D eigenvalue weighted by atomic mass is 9.61. The Morgan fingerprint density at radius 2 is 0.759 bits per heavy atom. The van der Waals surface area contributed by atoms with Crippen LogP contribution in [0.5, 0.6) is 0 Å². The molecule has 0 aromatic heterocycles. The van der Waals surface area contributed by atoms with E-state index in [4.69, 9.17) is 58.9 Å². The van der Waals surface area contributed by atoms with Crippen LogP contribution in [0.4, 0.5) is 0 Å².